The van der Waals surface area contributed by atoms with Gasteiger partial charge in [-0.1, -0.05) is 59.1 Å². The molecular weight excluding hydrogens is 395 g/mol. The molecule has 5 nitrogen and oxygen atoms in total. The van der Waals surface area contributed by atoms with Crippen molar-refractivity contribution >= 4 is 38.9 Å². The van der Waals surface area contributed by atoms with Gasteiger partial charge in [-0.15, -0.1) is 0 Å². The normalized spacial score (nSPS) is 13.5. The van der Waals surface area contributed by atoms with Gasteiger partial charge in [0.1, 0.15) is 0 Å². The van der Waals surface area contributed by atoms with E-state index in [9.17, 15) is 13.2 Å². The standard InChI is InChI=1S/C18H20Cl2N2O3S/c1-13-8-7-9-14(12-13)16(23)21-17(18(19,20)22(2)3)26(24,25)15-10-5-4-6-11-15/h4-12,17H,1-3H3,(H,21,23). The predicted octanol–water partition coefficient (Wildman–Crippen LogP) is 3.22. The number of rotatable bonds is 6. The summed E-state index contributed by atoms with van der Waals surface area (Å²) in [6.45, 7) is 1.84. The summed E-state index contributed by atoms with van der Waals surface area (Å²) in [6.07, 6.45) is 0. The Morgan fingerprint density at radius 3 is 2.23 bits per heavy atom. The van der Waals surface area contributed by atoms with Crippen LogP contribution < -0.4 is 5.32 Å². The second-order valence-electron chi connectivity index (χ2n) is 6.06. The van der Waals surface area contributed by atoms with Gasteiger partial charge in [0, 0.05) is 5.56 Å². The minimum Gasteiger partial charge on any atom is -0.332 e. The van der Waals surface area contributed by atoms with Crippen LogP contribution in [0.15, 0.2) is 59.5 Å². The van der Waals surface area contributed by atoms with Gasteiger partial charge in [0.15, 0.2) is 5.37 Å². The van der Waals surface area contributed by atoms with E-state index in [1.807, 2.05) is 13.0 Å². The average Bonchev–Trinajstić information content (AvgIpc) is 2.59. The van der Waals surface area contributed by atoms with Gasteiger partial charge in [0.2, 0.25) is 14.3 Å². The quantitative estimate of drug-likeness (QED) is 0.581. The molecule has 140 valence electrons. The molecule has 0 fully saturated rings. The molecule has 0 saturated heterocycles. The van der Waals surface area contributed by atoms with E-state index in [0.29, 0.717) is 5.56 Å². The fraction of sp³-hybridized carbons (Fsp3) is 0.278. The Morgan fingerprint density at radius 1 is 1.08 bits per heavy atom. The number of halogens is 2. The molecule has 1 unspecified atom stereocenters. The number of nitrogens with one attached hydrogen (secondary N) is 1. The number of hydrogen-bond acceptors (Lipinski definition) is 4. The summed E-state index contributed by atoms with van der Waals surface area (Å²) in [5.74, 6) is -0.578. The van der Waals surface area contributed by atoms with Crippen LogP contribution in [0.25, 0.3) is 0 Å². The van der Waals surface area contributed by atoms with Crippen molar-refractivity contribution in [3.63, 3.8) is 0 Å². The predicted molar refractivity (Wildman–Crippen MR) is 104 cm³/mol. The maximum Gasteiger partial charge on any atom is 0.252 e. The lowest BCUT2D eigenvalue weighted by Gasteiger charge is -2.35. The fourth-order valence-electron chi connectivity index (χ4n) is 2.32. The third kappa shape index (κ3) is 4.38. The summed E-state index contributed by atoms with van der Waals surface area (Å²) in [6, 6.07) is 14.5. The molecule has 0 aromatic heterocycles. The average molecular weight is 415 g/mol. The van der Waals surface area contributed by atoms with Gasteiger partial charge in [-0.05, 0) is 45.3 Å². The zero-order chi connectivity index (χ0) is 19.5. The molecule has 0 radical (unpaired) electrons. The van der Waals surface area contributed by atoms with Crippen molar-refractivity contribution in [1.29, 1.82) is 0 Å². The summed E-state index contributed by atoms with van der Waals surface area (Å²) in [4.78, 5) is 14.0. The fourth-order valence-corrected chi connectivity index (χ4v) is 4.79. The van der Waals surface area contributed by atoms with E-state index >= 15 is 0 Å². The zero-order valence-electron chi connectivity index (χ0n) is 14.6. The Morgan fingerprint density at radius 2 is 1.69 bits per heavy atom. The molecule has 2 aromatic carbocycles. The molecule has 2 aromatic rings. The molecule has 0 spiro atoms. The van der Waals surface area contributed by atoms with Crippen molar-refractivity contribution in [2.24, 2.45) is 0 Å². The van der Waals surface area contributed by atoms with Gasteiger partial charge in [-0.3, -0.25) is 9.69 Å². The van der Waals surface area contributed by atoms with Crippen LogP contribution in [-0.2, 0) is 9.84 Å². The Kier molecular flexibility index (Phi) is 6.34. The maximum absolute atomic E-state index is 13.1. The molecule has 0 aliphatic carbocycles. The maximum atomic E-state index is 13.1. The molecule has 0 aliphatic rings. The minimum atomic E-state index is -4.05. The van der Waals surface area contributed by atoms with Gasteiger partial charge in [0.25, 0.3) is 5.91 Å². The van der Waals surface area contributed by atoms with E-state index in [0.717, 1.165) is 5.56 Å². The SMILES string of the molecule is Cc1cccc(C(=O)NC(C(Cl)(Cl)N(C)C)S(=O)(=O)c2ccccc2)c1. The third-order valence-corrected chi connectivity index (χ3v) is 7.22. The number of amides is 1. The van der Waals surface area contributed by atoms with Crippen molar-refractivity contribution in [3.8, 4) is 0 Å². The monoisotopic (exact) mass is 414 g/mol. The van der Waals surface area contributed by atoms with E-state index in [1.54, 1.807) is 36.4 Å². The highest BCUT2D eigenvalue weighted by Gasteiger charge is 2.47. The lowest BCUT2D eigenvalue weighted by atomic mass is 10.1. The molecular formula is C18H20Cl2N2O3S. The largest absolute Gasteiger partial charge is 0.332 e. The van der Waals surface area contributed by atoms with Crippen LogP contribution in [0.4, 0.5) is 0 Å². The number of carbonyl (C=O) groups is 1. The van der Waals surface area contributed by atoms with E-state index in [4.69, 9.17) is 23.2 Å². The summed E-state index contributed by atoms with van der Waals surface area (Å²) >= 11 is 12.7. The van der Waals surface area contributed by atoms with E-state index < -0.39 is 25.6 Å². The van der Waals surface area contributed by atoms with Crippen LogP contribution >= 0.6 is 23.2 Å². The number of likely N-dealkylation sites (N-methyl/N-ethyl adjacent to an activating group) is 1. The van der Waals surface area contributed by atoms with Crippen LogP contribution in [-0.4, -0.2) is 43.2 Å². The van der Waals surface area contributed by atoms with Crippen molar-refractivity contribution in [1.82, 2.24) is 10.2 Å². The number of nitrogens with zero attached hydrogens (tertiary/aromatic N) is 1. The van der Waals surface area contributed by atoms with Crippen molar-refractivity contribution in [2.75, 3.05) is 14.1 Å². The zero-order valence-corrected chi connectivity index (χ0v) is 16.9. The minimum absolute atomic E-state index is 0.0158. The Balaban J connectivity index is 2.47. The summed E-state index contributed by atoms with van der Waals surface area (Å²) < 4.78 is 24.3. The number of carbonyl (C=O) groups excluding carboxylic acids is 1. The van der Waals surface area contributed by atoms with Gasteiger partial charge < -0.3 is 5.32 Å². The van der Waals surface area contributed by atoms with Crippen molar-refractivity contribution in [2.45, 2.75) is 21.7 Å². The van der Waals surface area contributed by atoms with Gasteiger partial charge >= 0.3 is 0 Å². The Labute approximate surface area is 163 Å². The first-order chi connectivity index (χ1) is 12.1. The highest BCUT2D eigenvalue weighted by atomic mass is 35.5. The molecule has 1 atom stereocenters. The van der Waals surface area contributed by atoms with Crippen LogP contribution in [0.2, 0.25) is 0 Å². The first-order valence-corrected chi connectivity index (χ1v) is 10.1. The smallest absolute Gasteiger partial charge is 0.252 e. The van der Waals surface area contributed by atoms with E-state index in [-0.39, 0.29) is 4.90 Å². The summed E-state index contributed by atoms with van der Waals surface area (Å²) in [5.41, 5.74) is 1.19. The number of benzene rings is 2. The molecule has 0 aliphatic heterocycles. The van der Waals surface area contributed by atoms with Gasteiger partial charge in [-0.25, -0.2) is 8.42 Å². The lowest BCUT2D eigenvalue weighted by Crippen LogP contribution is -2.57. The molecule has 0 bridgehead atoms. The van der Waals surface area contributed by atoms with Crippen molar-refractivity contribution < 1.29 is 13.2 Å². The summed E-state index contributed by atoms with van der Waals surface area (Å²) in [5, 5.41) is 0.909. The Hall–Kier alpha value is -1.60. The van der Waals surface area contributed by atoms with E-state index in [1.165, 1.54) is 31.1 Å². The second kappa shape index (κ2) is 7.96. The number of sulfone groups is 1. The molecule has 26 heavy (non-hydrogen) atoms. The number of alkyl halides is 2. The number of aryl methyl sites for hydroxylation is 1. The van der Waals surface area contributed by atoms with Crippen LogP contribution in [0.3, 0.4) is 0 Å². The highest BCUT2D eigenvalue weighted by Crippen LogP contribution is 2.34. The molecule has 0 saturated carbocycles. The van der Waals surface area contributed by atoms with Crippen LogP contribution in [0, 0.1) is 6.92 Å². The molecule has 1 amide bonds. The first-order valence-electron chi connectivity index (χ1n) is 7.78. The second-order valence-corrected chi connectivity index (χ2v) is 9.44. The topological polar surface area (TPSA) is 66.5 Å². The highest BCUT2D eigenvalue weighted by molar-refractivity contribution is 7.92. The lowest BCUT2D eigenvalue weighted by molar-refractivity contribution is 0.0936. The molecule has 1 N–H and O–H groups in total. The van der Waals surface area contributed by atoms with Gasteiger partial charge in [0.05, 0.1) is 4.90 Å². The molecule has 2 rings (SSSR count). The van der Waals surface area contributed by atoms with Gasteiger partial charge in [-0.2, -0.15) is 0 Å². The molecule has 8 heteroatoms. The first kappa shape index (κ1) is 20.7. The van der Waals surface area contributed by atoms with Crippen molar-refractivity contribution in [3.05, 3.63) is 65.7 Å². The summed E-state index contributed by atoms with van der Waals surface area (Å²) in [7, 11) is -0.986. The van der Waals surface area contributed by atoms with Crippen LogP contribution in [0.5, 0.6) is 0 Å². The number of hydrogen-bond donors (Lipinski definition) is 1. The van der Waals surface area contributed by atoms with Crippen LogP contribution in [0.1, 0.15) is 15.9 Å². The Bertz CT molecular complexity index is 884. The molecule has 0 heterocycles. The van der Waals surface area contributed by atoms with E-state index in [2.05, 4.69) is 5.32 Å². The third-order valence-electron chi connectivity index (χ3n) is 3.84.